The average molecular weight is 248 g/mol. The fraction of sp³-hybridized carbons (Fsp3) is 0.429. The second-order valence-corrected chi connectivity index (χ2v) is 5.19. The van der Waals surface area contributed by atoms with Crippen molar-refractivity contribution in [2.45, 2.75) is 37.5 Å². The largest absolute Gasteiger partial charge is 0.297 e. The monoisotopic (exact) mass is 247 g/mol. The zero-order valence-electron chi connectivity index (χ0n) is 9.79. The molecule has 1 fully saturated rings. The number of nitrogens with zero attached hydrogens (tertiary/aromatic N) is 1. The minimum absolute atomic E-state index is 0.0881. The number of hydrogen-bond donors (Lipinski definition) is 0. The van der Waals surface area contributed by atoms with E-state index in [1.807, 2.05) is 19.1 Å². The smallest absolute Gasteiger partial charge is 0.190 e. The van der Waals surface area contributed by atoms with Crippen LogP contribution in [0, 0.1) is 13.5 Å². The SMILES string of the molecule is [C-]#[N+]c1cc(C2(Cl)CCCCC2=O)ccc1C. The van der Waals surface area contributed by atoms with Crippen LogP contribution in [0.4, 0.5) is 5.69 Å². The highest BCUT2D eigenvalue weighted by Crippen LogP contribution is 2.41. The van der Waals surface area contributed by atoms with E-state index in [1.165, 1.54) is 0 Å². The number of carbonyl (C=O) groups is 1. The predicted molar refractivity (Wildman–Crippen MR) is 68.4 cm³/mol. The number of hydrogen-bond acceptors (Lipinski definition) is 1. The van der Waals surface area contributed by atoms with Crippen LogP contribution in [0.15, 0.2) is 18.2 Å². The summed E-state index contributed by atoms with van der Waals surface area (Å²) in [6.07, 6.45) is 3.12. The normalized spacial score (nSPS) is 24.4. The maximum absolute atomic E-state index is 12.0. The minimum Gasteiger partial charge on any atom is -0.297 e. The summed E-state index contributed by atoms with van der Waals surface area (Å²) in [6, 6.07) is 5.51. The van der Waals surface area contributed by atoms with Gasteiger partial charge in [0.1, 0.15) is 4.87 Å². The molecule has 17 heavy (non-hydrogen) atoms. The van der Waals surface area contributed by atoms with Crippen molar-refractivity contribution >= 4 is 23.1 Å². The van der Waals surface area contributed by atoms with Gasteiger partial charge in [0.15, 0.2) is 11.5 Å². The van der Waals surface area contributed by atoms with E-state index in [-0.39, 0.29) is 5.78 Å². The number of halogens is 1. The number of Topliss-reactive ketones (excluding diaryl/α,β-unsaturated/α-hetero) is 1. The summed E-state index contributed by atoms with van der Waals surface area (Å²) < 4.78 is 0. The molecule has 0 aliphatic heterocycles. The van der Waals surface area contributed by atoms with Gasteiger partial charge in [0.2, 0.25) is 0 Å². The molecule has 1 saturated carbocycles. The number of ketones is 1. The summed E-state index contributed by atoms with van der Waals surface area (Å²) in [5.41, 5.74) is 2.29. The summed E-state index contributed by atoms with van der Waals surface area (Å²) in [4.78, 5) is 14.6. The predicted octanol–water partition coefficient (Wildman–Crippen LogP) is 4.12. The second kappa shape index (κ2) is 4.50. The maximum atomic E-state index is 12.0. The van der Waals surface area contributed by atoms with Gasteiger partial charge in [-0.05, 0) is 30.9 Å². The Bertz CT molecular complexity index is 503. The molecular formula is C14H14ClNO. The highest BCUT2D eigenvalue weighted by molar-refractivity contribution is 6.35. The van der Waals surface area contributed by atoms with Crippen molar-refractivity contribution in [3.8, 4) is 0 Å². The molecule has 1 aromatic carbocycles. The second-order valence-electron chi connectivity index (χ2n) is 4.54. The van der Waals surface area contributed by atoms with Crippen molar-refractivity contribution in [3.05, 3.63) is 40.7 Å². The van der Waals surface area contributed by atoms with Crippen LogP contribution in [-0.2, 0) is 9.67 Å². The first-order valence-electron chi connectivity index (χ1n) is 5.79. The van der Waals surface area contributed by atoms with Crippen LogP contribution in [0.5, 0.6) is 0 Å². The molecule has 0 bridgehead atoms. The molecule has 3 heteroatoms. The van der Waals surface area contributed by atoms with E-state index in [0.717, 1.165) is 24.0 Å². The van der Waals surface area contributed by atoms with Crippen LogP contribution in [0.3, 0.4) is 0 Å². The molecule has 1 aromatic rings. The third-order valence-electron chi connectivity index (χ3n) is 3.40. The van der Waals surface area contributed by atoms with Gasteiger partial charge in [-0.3, -0.25) is 4.79 Å². The number of rotatable bonds is 1. The number of alkyl halides is 1. The standard InChI is InChI=1S/C14H14ClNO/c1-10-6-7-11(9-12(10)16-2)14(15)8-4-3-5-13(14)17/h6-7,9H,3-5,8H2,1H3. The lowest BCUT2D eigenvalue weighted by atomic mass is 9.81. The summed E-state index contributed by atoms with van der Waals surface area (Å²) in [7, 11) is 0. The quantitative estimate of drug-likeness (QED) is 0.540. The Kier molecular flexibility index (Phi) is 3.22. The van der Waals surface area contributed by atoms with Crippen molar-refractivity contribution in [3.63, 3.8) is 0 Å². The van der Waals surface area contributed by atoms with Gasteiger partial charge >= 0.3 is 0 Å². The fourth-order valence-corrected chi connectivity index (χ4v) is 2.62. The molecule has 0 aromatic heterocycles. The van der Waals surface area contributed by atoms with Crippen LogP contribution >= 0.6 is 11.6 Å². The topological polar surface area (TPSA) is 21.4 Å². The molecule has 2 rings (SSSR count). The van der Waals surface area contributed by atoms with Crippen LogP contribution in [0.1, 0.15) is 36.8 Å². The molecule has 88 valence electrons. The lowest BCUT2D eigenvalue weighted by molar-refractivity contribution is -0.123. The van der Waals surface area contributed by atoms with Gasteiger partial charge in [-0.25, -0.2) is 4.85 Å². The molecule has 0 heterocycles. The van der Waals surface area contributed by atoms with Gasteiger partial charge in [-0.1, -0.05) is 24.6 Å². The van der Waals surface area contributed by atoms with Gasteiger partial charge in [0.05, 0.1) is 6.57 Å². The van der Waals surface area contributed by atoms with Gasteiger partial charge in [-0.15, -0.1) is 11.6 Å². The third-order valence-corrected chi connectivity index (χ3v) is 4.02. The van der Waals surface area contributed by atoms with Crippen molar-refractivity contribution in [1.29, 1.82) is 0 Å². The molecule has 1 aliphatic rings. The van der Waals surface area contributed by atoms with E-state index >= 15 is 0 Å². The molecule has 1 aliphatic carbocycles. The number of carbonyl (C=O) groups excluding carboxylic acids is 1. The van der Waals surface area contributed by atoms with Crippen molar-refractivity contribution in [2.24, 2.45) is 0 Å². The van der Waals surface area contributed by atoms with E-state index in [2.05, 4.69) is 4.85 Å². The Morgan fingerprint density at radius 2 is 2.18 bits per heavy atom. The highest BCUT2D eigenvalue weighted by atomic mass is 35.5. The Labute approximate surface area is 106 Å². The third kappa shape index (κ3) is 2.08. The first-order valence-corrected chi connectivity index (χ1v) is 6.16. The van der Waals surface area contributed by atoms with Gasteiger partial charge < -0.3 is 0 Å². The zero-order chi connectivity index (χ0) is 12.5. The summed E-state index contributed by atoms with van der Waals surface area (Å²) in [5, 5.41) is 0. The zero-order valence-corrected chi connectivity index (χ0v) is 10.5. The highest BCUT2D eigenvalue weighted by Gasteiger charge is 2.39. The van der Waals surface area contributed by atoms with Crippen LogP contribution in [0.25, 0.3) is 4.85 Å². The number of aryl methyl sites for hydroxylation is 1. The van der Waals surface area contributed by atoms with Gasteiger partial charge in [-0.2, -0.15) is 0 Å². The molecule has 0 saturated heterocycles. The maximum Gasteiger partial charge on any atom is 0.190 e. The van der Waals surface area contributed by atoms with E-state index < -0.39 is 4.87 Å². The first kappa shape index (κ1) is 12.1. The van der Waals surface area contributed by atoms with Crippen LogP contribution in [0.2, 0.25) is 0 Å². The van der Waals surface area contributed by atoms with Crippen LogP contribution in [-0.4, -0.2) is 5.78 Å². The lowest BCUT2D eigenvalue weighted by Crippen LogP contribution is -2.32. The van der Waals surface area contributed by atoms with Gasteiger partial charge in [0.25, 0.3) is 0 Å². The van der Waals surface area contributed by atoms with Crippen LogP contribution < -0.4 is 0 Å². The lowest BCUT2D eigenvalue weighted by Gasteiger charge is -2.30. The fourth-order valence-electron chi connectivity index (χ4n) is 2.27. The summed E-state index contributed by atoms with van der Waals surface area (Å²) in [6.45, 7) is 9.00. The van der Waals surface area contributed by atoms with Crippen molar-refractivity contribution < 1.29 is 4.79 Å². The molecule has 1 unspecified atom stereocenters. The molecule has 2 nitrogen and oxygen atoms in total. The molecule has 0 N–H and O–H groups in total. The Hall–Kier alpha value is -1.33. The molecule has 0 spiro atoms. The summed E-state index contributed by atoms with van der Waals surface area (Å²) >= 11 is 6.48. The molecule has 0 amide bonds. The Morgan fingerprint density at radius 3 is 2.82 bits per heavy atom. The molecular weight excluding hydrogens is 234 g/mol. The first-order chi connectivity index (χ1) is 8.08. The van der Waals surface area contributed by atoms with Crippen molar-refractivity contribution in [1.82, 2.24) is 0 Å². The molecule has 0 radical (unpaired) electrons. The van der Waals surface area contributed by atoms with Gasteiger partial charge in [0, 0.05) is 6.42 Å². The van der Waals surface area contributed by atoms with Crippen molar-refractivity contribution in [2.75, 3.05) is 0 Å². The minimum atomic E-state index is -0.897. The summed E-state index contributed by atoms with van der Waals surface area (Å²) in [5.74, 6) is 0.0881. The molecule has 1 atom stereocenters. The Morgan fingerprint density at radius 1 is 1.41 bits per heavy atom. The van der Waals surface area contributed by atoms with E-state index in [9.17, 15) is 4.79 Å². The number of benzene rings is 1. The van der Waals surface area contributed by atoms with E-state index in [4.69, 9.17) is 18.2 Å². The van der Waals surface area contributed by atoms with E-state index in [0.29, 0.717) is 18.5 Å². The van der Waals surface area contributed by atoms with E-state index in [1.54, 1.807) is 6.07 Å². The Balaban J connectivity index is 2.46. The average Bonchev–Trinajstić information content (AvgIpc) is 2.33.